The Hall–Kier alpha value is -2.40. The Kier molecular flexibility index (Phi) is 12.1. The molecule has 0 saturated carbocycles. The normalized spacial score (nSPS) is 33.2. The molecule has 0 spiro atoms. The quantitative estimate of drug-likeness (QED) is 0.0900. The largest absolute Gasteiger partial charge is 0.756 e. The van der Waals surface area contributed by atoms with Gasteiger partial charge in [0.1, 0.15) is 36.6 Å². The molecule has 8 N–H and O–H groups in total. The molecule has 0 aliphatic carbocycles. The third-order valence-electron chi connectivity index (χ3n) is 6.25. The summed E-state index contributed by atoms with van der Waals surface area (Å²) in [6.45, 7) is -1.76. The van der Waals surface area contributed by atoms with Gasteiger partial charge in [0.25, 0.3) is 21.2 Å². The van der Waals surface area contributed by atoms with Crippen LogP contribution < -0.4 is 31.7 Å². The second kappa shape index (κ2) is 14.8. The van der Waals surface area contributed by atoms with Crippen molar-refractivity contribution in [1.82, 2.24) is 20.2 Å². The van der Waals surface area contributed by atoms with Gasteiger partial charge >= 0.3 is 5.69 Å². The highest BCUT2D eigenvalue weighted by Gasteiger charge is 2.49. The van der Waals surface area contributed by atoms with E-state index in [4.69, 9.17) is 14.6 Å². The zero-order chi connectivity index (χ0) is 33.0. The van der Waals surface area contributed by atoms with Crippen molar-refractivity contribution in [3.05, 3.63) is 33.1 Å². The molecule has 2 aliphatic rings. The van der Waals surface area contributed by atoms with Crippen LogP contribution in [0.2, 0.25) is 0 Å². The number of aliphatic hydroxyl groups is 5. The number of hydrogen-bond acceptors (Lipinski definition) is 18. The van der Waals surface area contributed by atoms with E-state index in [1.807, 2.05) is 4.98 Å². The van der Waals surface area contributed by atoms with E-state index >= 15 is 0 Å². The molecule has 2 saturated heterocycles. The number of ether oxygens (including phenoxy) is 2. The Balaban J connectivity index is 1.71. The summed E-state index contributed by atoms with van der Waals surface area (Å²) in [4.78, 5) is 73.9. The molecule has 44 heavy (non-hydrogen) atoms. The molecule has 0 bridgehead atoms. The molecule has 3 heterocycles. The van der Waals surface area contributed by atoms with Crippen LogP contribution in [0, 0.1) is 0 Å². The van der Waals surface area contributed by atoms with Crippen molar-refractivity contribution < 1.29 is 76.9 Å². The van der Waals surface area contributed by atoms with Crippen molar-refractivity contribution in [2.24, 2.45) is 0 Å². The first kappa shape index (κ1) is 36.1. The van der Waals surface area contributed by atoms with Crippen LogP contribution in [-0.2, 0) is 41.6 Å². The summed E-state index contributed by atoms with van der Waals surface area (Å²) >= 11 is 0. The number of aromatic amines is 1. The van der Waals surface area contributed by atoms with Gasteiger partial charge in [0.15, 0.2) is 12.5 Å². The van der Waals surface area contributed by atoms with Gasteiger partial charge in [-0.25, -0.2) is 9.11 Å². The molecule has 2 unspecified atom stereocenters. The number of carbonyl (C=O) groups is 2. The Bertz CT molecular complexity index is 1390. The molecule has 250 valence electrons. The van der Waals surface area contributed by atoms with Gasteiger partial charge in [-0.15, -0.1) is 0 Å². The van der Waals surface area contributed by atoms with E-state index < -0.39 is 120 Å². The van der Waals surface area contributed by atoms with Gasteiger partial charge in [0, 0.05) is 25.6 Å². The summed E-state index contributed by atoms with van der Waals surface area (Å²) < 4.78 is 49.2. The highest BCUT2D eigenvalue weighted by atomic mass is 31.3. The topological polar surface area (TPSA) is 341 Å². The Morgan fingerprint density at radius 3 is 2.30 bits per heavy atom. The average molecular weight is 676 g/mol. The van der Waals surface area contributed by atoms with Crippen LogP contribution in [0.25, 0.3) is 0 Å². The van der Waals surface area contributed by atoms with Crippen LogP contribution >= 0.6 is 15.6 Å². The molecule has 0 aromatic carbocycles. The van der Waals surface area contributed by atoms with Crippen LogP contribution in [0.1, 0.15) is 19.6 Å². The Morgan fingerprint density at radius 1 is 1.02 bits per heavy atom. The average Bonchev–Trinajstić information content (AvgIpc) is 3.18. The summed E-state index contributed by atoms with van der Waals surface area (Å²) in [5, 5.41) is 53.9. The zero-order valence-corrected chi connectivity index (χ0v) is 24.4. The second-order valence-corrected chi connectivity index (χ2v) is 12.4. The fourth-order valence-electron chi connectivity index (χ4n) is 4.30. The number of H-pyrrole nitrogens is 1. The number of hydrogen-bond donors (Lipinski definition) is 8. The maximum atomic E-state index is 12.6. The number of amides is 2. The first-order valence-electron chi connectivity index (χ1n) is 12.6. The monoisotopic (exact) mass is 676 g/mol. The standard InChI is InChI=1S/C20H32N4O18P2/c1-8(27)21-14-13(22-12(29)3-5-25)15(30)9(6-26)40-19(14)41-44(36,37)42-43(34,35)38-7-10-16(31)17(32)18(39-10)24-4-2-11(28)23-20(24)33/h2,4,9-10,13-19,25-26,30-32H,3,5-7H2,1H3,(H,21,27)(H,22,29)(H,34,35)(H,36,37)(H,23,28,33)/p-2/t9-,10-,13-,14-,15-,16-,17-,18-,19-/m1/s1. The number of phosphoric acid groups is 2. The van der Waals surface area contributed by atoms with Gasteiger partial charge < -0.3 is 60.0 Å². The smallest absolute Gasteiger partial charge is 0.330 e. The number of carbonyl (C=O) groups excluding carboxylic acids is 2. The van der Waals surface area contributed by atoms with Crippen molar-refractivity contribution in [3.8, 4) is 0 Å². The van der Waals surface area contributed by atoms with E-state index in [0.717, 1.165) is 19.2 Å². The maximum absolute atomic E-state index is 12.6. The van der Waals surface area contributed by atoms with Gasteiger partial charge in [-0.05, 0) is 0 Å². The SMILES string of the molecule is CC(=O)N[C@H]1[C@@H](OP(=O)([O-])OP(=O)([O-])OC[C@H]2O[C@@H](n3ccc(=O)[nH]c3=O)[C@H](O)[C@@H]2O)O[C@H](CO)[C@@H](O)[C@@H]1NC(=O)CCO. The molecule has 3 rings (SSSR count). The molecule has 11 atom stereocenters. The second-order valence-electron chi connectivity index (χ2n) is 9.45. The van der Waals surface area contributed by atoms with Crippen LogP contribution in [0.3, 0.4) is 0 Å². The summed E-state index contributed by atoms with van der Waals surface area (Å²) in [7, 11) is -11.9. The number of aliphatic hydroxyl groups excluding tert-OH is 5. The molecule has 1 aromatic rings. The van der Waals surface area contributed by atoms with Gasteiger partial charge in [-0.2, -0.15) is 0 Å². The van der Waals surface area contributed by atoms with Crippen molar-refractivity contribution >= 4 is 27.5 Å². The first-order chi connectivity index (χ1) is 20.5. The Labute approximate surface area is 246 Å². The summed E-state index contributed by atoms with van der Waals surface area (Å²) in [6.07, 6.45) is -12.1. The van der Waals surface area contributed by atoms with E-state index in [2.05, 4.69) is 24.0 Å². The molecule has 2 amide bonds. The van der Waals surface area contributed by atoms with Crippen LogP contribution in [-0.4, -0.2) is 116 Å². The highest BCUT2D eigenvalue weighted by Crippen LogP contribution is 2.57. The molecule has 2 aliphatic heterocycles. The zero-order valence-electron chi connectivity index (χ0n) is 22.6. The number of nitrogens with one attached hydrogen (secondary N) is 3. The predicted octanol–water partition coefficient (Wildman–Crippen LogP) is -6.41. The third-order valence-corrected chi connectivity index (χ3v) is 8.78. The lowest BCUT2D eigenvalue weighted by Gasteiger charge is -2.46. The Morgan fingerprint density at radius 2 is 1.70 bits per heavy atom. The van der Waals surface area contributed by atoms with Gasteiger partial charge in [-0.3, -0.25) is 37.6 Å². The highest BCUT2D eigenvalue weighted by molar-refractivity contribution is 7.59. The lowest BCUT2D eigenvalue weighted by atomic mass is 9.94. The third kappa shape index (κ3) is 9.08. The number of phosphoric ester groups is 2. The molecular weight excluding hydrogens is 646 g/mol. The molecular formula is C20H30N4O18P2-2. The fourth-order valence-corrected chi connectivity index (χ4v) is 6.39. The lowest BCUT2D eigenvalue weighted by Crippen LogP contribution is -2.69. The number of nitrogens with zero attached hydrogens (tertiary/aromatic N) is 1. The summed E-state index contributed by atoms with van der Waals surface area (Å²) in [5.41, 5.74) is -1.81. The fraction of sp³-hybridized carbons (Fsp3) is 0.700. The molecule has 1 aromatic heterocycles. The number of rotatable bonds is 13. The minimum absolute atomic E-state index is 0.467. The van der Waals surface area contributed by atoms with E-state index in [1.165, 1.54) is 0 Å². The molecule has 24 heteroatoms. The predicted molar refractivity (Wildman–Crippen MR) is 134 cm³/mol. The van der Waals surface area contributed by atoms with E-state index in [-0.39, 0.29) is 0 Å². The maximum Gasteiger partial charge on any atom is 0.330 e. The van der Waals surface area contributed by atoms with Crippen LogP contribution in [0.4, 0.5) is 0 Å². The van der Waals surface area contributed by atoms with Gasteiger partial charge in [0.05, 0.1) is 25.9 Å². The van der Waals surface area contributed by atoms with Crippen molar-refractivity contribution in [3.63, 3.8) is 0 Å². The van der Waals surface area contributed by atoms with Crippen molar-refractivity contribution in [2.45, 2.75) is 68.5 Å². The van der Waals surface area contributed by atoms with E-state index in [9.17, 15) is 58.5 Å². The van der Waals surface area contributed by atoms with E-state index in [0.29, 0.717) is 4.57 Å². The first-order valence-corrected chi connectivity index (χ1v) is 15.5. The van der Waals surface area contributed by atoms with E-state index in [1.54, 1.807) is 0 Å². The van der Waals surface area contributed by atoms with Crippen LogP contribution in [0.5, 0.6) is 0 Å². The van der Waals surface area contributed by atoms with Gasteiger partial charge in [-0.1, -0.05) is 0 Å². The van der Waals surface area contributed by atoms with Crippen molar-refractivity contribution in [2.75, 3.05) is 19.8 Å². The molecule has 2 fully saturated rings. The molecule has 0 radical (unpaired) electrons. The summed E-state index contributed by atoms with van der Waals surface area (Å²) in [5.74, 6) is -1.71. The lowest BCUT2D eigenvalue weighted by molar-refractivity contribution is -0.276. The van der Waals surface area contributed by atoms with Crippen LogP contribution in [0.15, 0.2) is 21.9 Å². The minimum atomic E-state index is -6.03. The van der Waals surface area contributed by atoms with Crippen molar-refractivity contribution in [1.29, 1.82) is 0 Å². The molecule has 22 nitrogen and oxygen atoms in total. The number of aromatic nitrogens is 2. The summed E-state index contributed by atoms with van der Waals surface area (Å²) in [6, 6.07) is -2.40. The minimum Gasteiger partial charge on any atom is -0.756 e. The van der Waals surface area contributed by atoms with Gasteiger partial charge in [0.2, 0.25) is 11.8 Å².